The highest BCUT2D eigenvalue weighted by atomic mass is 32.2. The van der Waals surface area contributed by atoms with Crippen molar-refractivity contribution in [2.45, 2.75) is 17.7 Å². The molecule has 4 N–H and O–H groups in total. The molecule has 1 aromatic rings. The Morgan fingerprint density at radius 2 is 1.95 bits per heavy atom. The molecule has 1 aliphatic carbocycles. The van der Waals surface area contributed by atoms with Gasteiger partial charge in [-0.2, -0.15) is 5.26 Å². The Bertz CT molecular complexity index is 759. The monoisotopic (exact) mass is 339 g/mol. The van der Waals surface area contributed by atoms with E-state index in [1.165, 1.54) is 24.3 Å². The summed E-state index contributed by atoms with van der Waals surface area (Å²) in [5, 5.41) is 23.1. The fraction of sp³-hybridized carbons (Fsp3) is 0.231. The van der Waals surface area contributed by atoms with Crippen molar-refractivity contribution in [1.82, 2.24) is 0 Å². The van der Waals surface area contributed by atoms with E-state index in [1.807, 2.05) is 0 Å². The number of aliphatic hydroxyl groups is 1. The molecule has 9 heteroatoms. The van der Waals surface area contributed by atoms with E-state index >= 15 is 0 Å². The van der Waals surface area contributed by atoms with E-state index in [0.717, 1.165) is 12.8 Å². The van der Waals surface area contributed by atoms with Crippen LogP contribution in [0.15, 0.2) is 40.5 Å². The number of primary sulfonamides is 1. The van der Waals surface area contributed by atoms with Gasteiger partial charge in [0.05, 0.1) is 4.90 Å². The van der Waals surface area contributed by atoms with E-state index in [0.29, 0.717) is 17.6 Å². The van der Waals surface area contributed by atoms with Gasteiger partial charge in [0, 0.05) is 23.6 Å². The van der Waals surface area contributed by atoms with Crippen LogP contribution in [0.4, 0.5) is 5.69 Å². The smallest absolute Gasteiger partial charge is 0.253 e. The van der Waals surface area contributed by atoms with E-state index in [2.05, 4.69) is 4.72 Å². The molecule has 2 rings (SSSR count). The number of nitriles is 1. The summed E-state index contributed by atoms with van der Waals surface area (Å²) in [5.41, 5.74) is 0.204. The van der Waals surface area contributed by atoms with Crippen LogP contribution in [0.5, 0.6) is 0 Å². The Labute approximate surface area is 132 Å². The van der Waals surface area contributed by atoms with Gasteiger partial charge in [-0.1, -0.05) is 0 Å². The molecule has 0 saturated heterocycles. The molecule has 0 radical (unpaired) electrons. The number of carbonyl (C=O) groups excluding carboxylic acids is 1. The molecule has 116 valence electrons. The van der Waals surface area contributed by atoms with Crippen LogP contribution in [0, 0.1) is 17.2 Å². The average Bonchev–Trinajstić information content (AvgIpc) is 3.30. The van der Waals surface area contributed by atoms with E-state index in [1.54, 1.807) is 6.07 Å². The summed E-state index contributed by atoms with van der Waals surface area (Å²) in [6.07, 6.45) is 1.55. The van der Waals surface area contributed by atoms with E-state index in [9.17, 15) is 18.3 Å². The molecule has 1 fully saturated rings. The molecule has 0 amide bonds. The number of nitrogens with one attached hydrogen (secondary N) is 1. The molecule has 22 heavy (non-hydrogen) atoms. The first kappa shape index (κ1) is 16.4. The SMILES string of the molecule is N#C/C(C(=O)SNc1ccc(S(N)(=O)=O)cc1)=C(/O)C1CC1. The molecule has 0 atom stereocenters. The second-order valence-electron chi connectivity index (χ2n) is 4.71. The molecular weight excluding hydrogens is 326 g/mol. The first-order valence-corrected chi connectivity index (χ1v) is 8.62. The van der Waals surface area contributed by atoms with Crippen LogP contribution in [-0.2, 0) is 14.8 Å². The van der Waals surface area contributed by atoms with Gasteiger partial charge in [0.2, 0.25) is 10.0 Å². The summed E-state index contributed by atoms with van der Waals surface area (Å²) < 4.78 is 24.9. The fourth-order valence-corrected chi connectivity index (χ4v) is 2.75. The Kier molecular flexibility index (Phi) is 4.75. The lowest BCUT2D eigenvalue weighted by Crippen LogP contribution is -2.11. The molecule has 0 unspecified atom stereocenters. The lowest BCUT2D eigenvalue weighted by atomic mass is 10.2. The third-order valence-electron chi connectivity index (χ3n) is 2.98. The van der Waals surface area contributed by atoms with Gasteiger partial charge in [0.15, 0.2) is 0 Å². The number of aliphatic hydroxyl groups excluding tert-OH is 1. The van der Waals surface area contributed by atoms with Crippen molar-refractivity contribution in [1.29, 1.82) is 5.26 Å². The molecule has 0 spiro atoms. The number of hydrogen-bond acceptors (Lipinski definition) is 7. The second kappa shape index (κ2) is 6.39. The zero-order valence-electron chi connectivity index (χ0n) is 11.3. The number of carbonyl (C=O) groups is 1. The van der Waals surface area contributed by atoms with Crippen molar-refractivity contribution in [3.8, 4) is 6.07 Å². The quantitative estimate of drug-likeness (QED) is 0.321. The zero-order chi connectivity index (χ0) is 16.3. The summed E-state index contributed by atoms with van der Waals surface area (Å²) in [7, 11) is -3.77. The summed E-state index contributed by atoms with van der Waals surface area (Å²) >= 11 is 0.639. The van der Waals surface area contributed by atoms with Gasteiger partial charge in [0.1, 0.15) is 17.4 Å². The van der Waals surface area contributed by atoms with Crippen LogP contribution in [0.3, 0.4) is 0 Å². The molecule has 7 nitrogen and oxygen atoms in total. The molecule has 0 heterocycles. The Morgan fingerprint density at radius 3 is 2.41 bits per heavy atom. The minimum absolute atomic E-state index is 0.0432. The van der Waals surface area contributed by atoms with E-state index in [4.69, 9.17) is 10.4 Å². The maximum atomic E-state index is 11.9. The van der Waals surface area contributed by atoms with Crippen molar-refractivity contribution in [2.75, 3.05) is 4.72 Å². The number of allylic oxidation sites excluding steroid dienone is 1. The average molecular weight is 339 g/mol. The first-order valence-electron chi connectivity index (χ1n) is 6.26. The highest BCUT2D eigenvalue weighted by molar-refractivity contribution is 8.15. The van der Waals surface area contributed by atoms with Crippen molar-refractivity contribution < 1.29 is 18.3 Å². The number of hydrogen-bond donors (Lipinski definition) is 3. The van der Waals surface area contributed by atoms with Crippen LogP contribution in [0.25, 0.3) is 0 Å². The number of anilines is 1. The second-order valence-corrected chi connectivity index (χ2v) is 7.05. The molecule has 1 aliphatic rings. The van der Waals surface area contributed by atoms with E-state index in [-0.39, 0.29) is 22.1 Å². The van der Waals surface area contributed by atoms with Gasteiger partial charge >= 0.3 is 0 Å². The number of nitrogens with zero attached hydrogens (tertiary/aromatic N) is 1. The maximum absolute atomic E-state index is 11.9. The zero-order valence-corrected chi connectivity index (χ0v) is 12.9. The van der Waals surface area contributed by atoms with Gasteiger partial charge in [-0.3, -0.25) is 4.79 Å². The first-order chi connectivity index (χ1) is 10.3. The van der Waals surface area contributed by atoms with Gasteiger partial charge in [-0.25, -0.2) is 13.6 Å². The topological polar surface area (TPSA) is 133 Å². The van der Waals surface area contributed by atoms with E-state index < -0.39 is 15.1 Å². The van der Waals surface area contributed by atoms with Crippen molar-refractivity contribution in [3.63, 3.8) is 0 Å². The van der Waals surface area contributed by atoms with Crippen LogP contribution < -0.4 is 9.86 Å². The van der Waals surface area contributed by atoms with Crippen LogP contribution in [0.1, 0.15) is 12.8 Å². The van der Waals surface area contributed by atoms with Gasteiger partial charge in [0.25, 0.3) is 5.12 Å². The molecule has 0 aliphatic heterocycles. The van der Waals surface area contributed by atoms with Crippen molar-refractivity contribution in [2.24, 2.45) is 11.1 Å². The number of sulfonamides is 1. The third kappa shape index (κ3) is 4.00. The minimum atomic E-state index is -3.77. The Hall–Kier alpha value is -2.02. The third-order valence-corrected chi connectivity index (χ3v) is 4.64. The lowest BCUT2D eigenvalue weighted by Gasteiger charge is -2.06. The largest absolute Gasteiger partial charge is 0.510 e. The number of nitrogens with two attached hydrogens (primary N) is 1. The predicted octanol–water partition coefficient (Wildman–Crippen LogP) is 1.67. The predicted molar refractivity (Wildman–Crippen MR) is 82.0 cm³/mol. The van der Waals surface area contributed by atoms with Crippen molar-refractivity contribution in [3.05, 3.63) is 35.6 Å². The van der Waals surface area contributed by atoms with Gasteiger partial charge in [-0.05, 0) is 37.1 Å². The standard InChI is InChI=1S/C13H13N3O4S2/c14-7-11(12(17)8-1-2-8)13(18)21-16-9-3-5-10(6-4-9)22(15,19)20/h3-6,8,16-17H,1-2H2,(H2,15,19,20)/b12-11-. The highest BCUT2D eigenvalue weighted by Crippen LogP contribution is 2.37. The Morgan fingerprint density at radius 1 is 1.36 bits per heavy atom. The summed E-state index contributed by atoms with van der Waals surface area (Å²) in [4.78, 5) is 11.8. The number of benzene rings is 1. The normalized spacial score (nSPS) is 15.6. The molecule has 1 aromatic carbocycles. The molecule has 0 bridgehead atoms. The Balaban J connectivity index is 2.02. The van der Waals surface area contributed by atoms with Crippen LogP contribution in [-0.4, -0.2) is 18.6 Å². The molecular formula is C13H13N3O4S2. The molecule has 0 aromatic heterocycles. The lowest BCUT2D eigenvalue weighted by molar-refractivity contribution is -0.107. The maximum Gasteiger partial charge on any atom is 0.253 e. The summed E-state index contributed by atoms with van der Waals surface area (Å²) in [6, 6.07) is 7.19. The summed E-state index contributed by atoms with van der Waals surface area (Å²) in [6.45, 7) is 0. The van der Waals surface area contributed by atoms with Gasteiger partial charge < -0.3 is 9.83 Å². The molecule has 1 saturated carbocycles. The fourth-order valence-electron chi connectivity index (χ4n) is 1.64. The van der Waals surface area contributed by atoms with Crippen molar-refractivity contribution >= 4 is 32.8 Å². The minimum Gasteiger partial charge on any atom is -0.510 e. The van der Waals surface area contributed by atoms with Crippen LogP contribution in [0.2, 0.25) is 0 Å². The van der Waals surface area contributed by atoms with Crippen LogP contribution >= 0.6 is 11.9 Å². The number of rotatable bonds is 5. The van der Waals surface area contributed by atoms with Gasteiger partial charge in [-0.15, -0.1) is 0 Å². The summed E-state index contributed by atoms with van der Waals surface area (Å²) in [5.74, 6) is -0.250. The highest BCUT2D eigenvalue weighted by Gasteiger charge is 2.31.